The Balaban J connectivity index is 1.66. The van der Waals surface area contributed by atoms with Gasteiger partial charge in [0, 0.05) is 43.3 Å². The van der Waals surface area contributed by atoms with Crippen molar-refractivity contribution in [3.63, 3.8) is 0 Å². The minimum absolute atomic E-state index is 0.0106. The molecular weight excluding hydrogens is 436 g/mol. The van der Waals surface area contributed by atoms with Gasteiger partial charge in [0.2, 0.25) is 0 Å². The molecule has 3 rings (SSSR count). The van der Waals surface area contributed by atoms with Gasteiger partial charge in [0.05, 0.1) is 23.1 Å². The zero-order chi connectivity index (χ0) is 22.2. The summed E-state index contributed by atoms with van der Waals surface area (Å²) < 4.78 is 5.45. The van der Waals surface area contributed by atoms with Crippen LogP contribution in [0.1, 0.15) is 64.5 Å². The van der Waals surface area contributed by atoms with Crippen LogP contribution in [0.5, 0.6) is 0 Å². The molecule has 0 saturated carbocycles. The smallest absolute Gasteiger partial charge is 0.191 e. The monoisotopic (exact) mass is 464 g/mol. The molecule has 3 heterocycles. The number of rotatable bonds is 11. The van der Waals surface area contributed by atoms with Gasteiger partial charge in [-0.25, -0.2) is 4.98 Å². The zero-order valence-corrected chi connectivity index (χ0v) is 19.2. The van der Waals surface area contributed by atoms with E-state index in [-0.39, 0.29) is 35.3 Å². The molecule has 1 saturated heterocycles. The predicted molar refractivity (Wildman–Crippen MR) is 120 cm³/mol. The molecule has 0 amide bonds. The number of Topliss-reactive ketones (excluding diaryl/α,β-unsaturated/α-hetero) is 2. The zero-order valence-electron chi connectivity index (χ0n) is 17.5. The van der Waals surface area contributed by atoms with Crippen LogP contribution >= 0.6 is 23.1 Å². The third-order valence-corrected chi connectivity index (χ3v) is 7.36. The number of nitrogens with zero attached hydrogens (tertiary/aromatic N) is 2. The first-order valence-corrected chi connectivity index (χ1v) is 12.4. The third-order valence-electron chi connectivity index (χ3n) is 5.51. The van der Waals surface area contributed by atoms with E-state index in [1.807, 2.05) is 18.4 Å². The summed E-state index contributed by atoms with van der Waals surface area (Å²) in [4.78, 5) is 35.7. The molecule has 2 unspecified atom stereocenters. The Morgan fingerprint density at radius 2 is 2.00 bits per heavy atom. The Bertz CT molecular complexity index is 865. The van der Waals surface area contributed by atoms with E-state index in [9.17, 15) is 14.7 Å². The summed E-state index contributed by atoms with van der Waals surface area (Å²) in [6.07, 6.45) is 6.89. The molecule has 9 heteroatoms. The number of thioether (sulfide) groups is 1. The van der Waals surface area contributed by atoms with Crippen molar-refractivity contribution in [2.24, 2.45) is 5.92 Å². The highest BCUT2D eigenvalue weighted by molar-refractivity contribution is 7.98. The highest BCUT2D eigenvalue weighted by Gasteiger charge is 2.28. The van der Waals surface area contributed by atoms with Gasteiger partial charge in [-0.3, -0.25) is 14.6 Å². The standard InChI is InChI=1S/C22H28N2O5S2/c1-30-15-2-3-17(23-11-15)16(10-14-6-8-29-9-7-14)18(26)4-5-19(27)22-24-12-21(31-22)20(28)13-25/h2-3,11-12,14,16,20,25,28H,4-10,13H2,1H3. The average Bonchev–Trinajstić information content (AvgIpc) is 3.31. The van der Waals surface area contributed by atoms with E-state index in [4.69, 9.17) is 9.84 Å². The van der Waals surface area contributed by atoms with Crippen LogP contribution in [0.4, 0.5) is 0 Å². The van der Waals surface area contributed by atoms with Crippen LogP contribution in [0, 0.1) is 5.92 Å². The third kappa shape index (κ3) is 6.66. The molecule has 2 aromatic heterocycles. The number of aliphatic hydroxyl groups is 2. The minimum atomic E-state index is -1.04. The van der Waals surface area contributed by atoms with Gasteiger partial charge in [0.15, 0.2) is 10.8 Å². The average molecular weight is 465 g/mol. The fourth-order valence-corrected chi connectivity index (χ4v) is 4.85. The normalized spacial score (nSPS) is 16.7. The molecule has 1 fully saturated rings. The minimum Gasteiger partial charge on any atom is -0.393 e. The Labute approximate surface area is 190 Å². The Morgan fingerprint density at radius 1 is 1.23 bits per heavy atom. The molecule has 0 aromatic carbocycles. The van der Waals surface area contributed by atoms with Gasteiger partial charge in [-0.2, -0.15) is 0 Å². The van der Waals surface area contributed by atoms with Crippen LogP contribution in [-0.4, -0.2) is 57.8 Å². The van der Waals surface area contributed by atoms with E-state index in [0.29, 0.717) is 17.2 Å². The van der Waals surface area contributed by atoms with E-state index < -0.39 is 12.7 Å². The first-order chi connectivity index (χ1) is 15.0. The molecule has 2 atom stereocenters. The lowest BCUT2D eigenvalue weighted by Crippen LogP contribution is -2.23. The van der Waals surface area contributed by atoms with Crippen LogP contribution in [-0.2, 0) is 9.53 Å². The Kier molecular flexibility index (Phi) is 9.15. The Morgan fingerprint density at radius 3 is 2.65 bits per heavy atom. The SMILES string of the molecule is CSc1ccc(C(CC2CCOCC2)C(=O)CCC(=O)c2ncc(C(O)CO)s2)nc1. The molecule has 168 valence electrons. The maximum absolute atomic E-state index is 13.1. The van der Waals surface area contributed by atoms with Gasteiger partial charge >= 0.3 is 0 Å². The maximum Gasteiger partial charge on any atom is 0.191 e. The summed E-state index contributed by atoms with van der Waals surface area (Å²) in [5.41, 5.74) is 0.754. The Hall–Kier alpha value is -1.65. The van der Waals surface area contributed by atoms with Crippen molar-refractivity contribution in [2.75, 3.05) is 26.1 Å². The van der Waals surface area contributed by atoms with E-state index in [1.165, 1.54) is 6.20 Å². The number of hydrogen-bond donors (Lipinski definition) is 2. The van der Waals surface area contributed by atoms with Crippen molar-refractivity contribution in [3.8, 4) is 0 Å². The number of hydrogen-bond acceptors (Lipinski definition) is 9. The molecule has 7 nitrogen and oxygen atoms in total. The van der Waals surface area contributed by atoms with Gasteiger partial charge in [0.1, 0.15) is 11.9 Å². The molecular formula is C22H28N2O5S2. The fraction of sp³-hybridized carbons (Fsp3) is 0.545. The van der Waals surface area contributed by atoms with Crippen molar-refractivity contribution in [2.45, 2.75) is 49.0 Å². The lowest BCUT2D eigenvalue weighted by molar-refractivity contribution is -0.121. The molecule has 0 aliphatic carbocycles. The van der Waals surface area contributed by atoms with Crippen LogP contribution in [0.25, 0.3) is 0 Å². The highest BCUT2D eigenvalue weighted by Crippen LogP contribution is 2.31. The summed E-state index contributed by atoms with van der Waals surface area (Å²) in [6.45, 7) is 1.01. The number of ether oxygens (including phenoxy) is 1. The lowest BCUT2D eigenvalue weighted by atomic mass is 9.83. The van der Waals surface area contributed by atoms with Crippen molar-refractivity contribution in [1.82, 2.24) is 9.97 Å². The van der Waals surface area contributed by atoms with Crippen LogP contribution in [0.2, 0.25) is 0 Å². The van der Waals surface area contributed by atoms with E-state index in [1.54, 1.807) is 18.0 Å². The van der Waals surface area contributed by atoms with Crippen LogP contribution in [0.15, 0.2) is 29.4 Å². The van der Waals surface area contributed by atoms with Crippen LogP contribution < -0.4 is 0 Å². The maximum atomic E-state index is 13.1. The number of carbonyl (C=O) groups is 2. The second-order valence-electron chi connectivity index (χ2n) is 7.62. The number of carbonyl (C=O) groups excluding carboxylic acids is 2. The summed E-state index contributed by atoms with van der Waals surface area (Å²) in [5.74, 6) is -0.154. The van der Waals surface area contributed by atoms with Crippen molar-refractivity contribution in [3.05, 3.63) is 40.1 Å². The van der Waals surface area contributed by atoms with Crippen molar-refractivity contribution >= 4 is 34.7 Å². The largest absolute Gasteiger partial charge is 0.393 e. The van der Waals surface area contributed by atoms with Gasteiger partial charge in [-0.15, -0.1) is 23.1 Å². The second kappa shape index (κ2) is 11.8. The molecule has 1 aliphatic rings. The fourth-order valence-electron chi connectivity index (χ4n) is 3.63. The summed E-state index contributed by atoms with van der Waals surface area (Å²) in [6, 6.07) is 3.89. The molecule has 1 aliphatic heterocycles. The number of aromatic nitrogens is 2. The highest BCUT2D eigenvalue weighted by atomic mass is 32.2. The quantitative estimate of drug-likeness (QED) is 0.385. The topological polar surface area (TPSA) is 110 Å². The lowest BCUT2D eigenvalue weighted by Gasteiger charge is -2.26. The molecule has 2 aromatic rings. The number of aliphatic hydroxyl groups excluding tert-OH is 2. The van der Waals surface area contributed by atoms with E-state index in [0.717, 1.165) is 48.0 Å². The van der Waals surface area contributed by atoms with Gasteiger partial charge in [-0.1, -0.05) is 0 Å². The first-order valence-electron chi connectivity index (χ1n) is 10.4. The molecule has 2 N–H and O–H groups in total. The van der Waals surface area contributed by atoms with Gasteiger partial charge in [-0.05, 0) is 43.6 Å². The van der Waals surface area contributed by atoms with Gasteiger partial charge < -0.3 is 14.9 Å². The van der Waals surface area contributed by atoms with E-state index >= 15 is 0 Å². The molecule has 0 spiro atoms. The van der Waals surface area contributed by atoms with Crippen LogP contribution in [0.3, 0.4) is 0 Å². The first kappa shape index (κ1) is 24.0. The van der Waals surface area contributed by atoms with Crippen molar-refractivity contribution < 1.29 is 24.5 Å². The predicted octanol–water partition coefficient (Wildman–Crippen LogP) is 3.42. The molecule has 31 heavy (non-hydrogen) atoms. The summed E-state index contributed by atoms with van der Waals surface area (Å²) in [5, 5.41) is 19.0. The number of ketones is 2. The molecule has 0 bridgehead atoms. The van der Waals surface area contributed by atoms with Crippen molar-refractivity contribution in [1.29, 1.82) is 0 Å². The summed E-state index contributed by atoms with van der Waals surface area (Å²) in [7, 11) is 0. The number of pyridine rings is 1. The summed E-state index contributed by atoms with van der Waals surface area (Å²) >= 11 is 2.65. The second-order valence-corrected chi connectivity index (χ2v) is 9.56. The number of thiazole rings is 1. The van der Waals surface area contributed by atoms with Gasteiger partial charge in [0.25, 0.3) is 0 Å². The van der Waals surface area contributed by atoms with E-state index in [2.05, 4.69) is 9.97 Å². The molecule has 0 radical (unpaired) electrons.